The number of aromatic carboxylic acids is 1. The van der Waals surface area contributed by atoms with E-state index in [4.69, 9.17) is 20.3 Å². The predicted molar refractivity (Wildman–Crippen MR) is 117 cm³/mol. The summed E-state index contributed by atoms with van der Waals surface area (Å²) >= 11 is 0. The van der Waals surface area contributed by atoms with Gasteiger partial charge in [-0.25, -0.2) is 13.6 Å². The van der Waals surface area contributed by atoms with Gasteiger partial charge >= 0.3 is 5.97 Å². The molecule has 0 aliphatic carbocycles. The normalized spacial score (nSPS) is 10.6. The highest BCUT2D eigenvalue weighted by Crippen LogP contribution is 2.32. The molecule has 166 valence electrons. The van der Waals surface area contributed by atoms with Crippen molar-refractivity contribution in [1.29, 1.82) is 0 Å². The Morgan fingerprint density at radius 3 is 2.03 bits per heavy atom. The molecule has 6 nitrogen and oxygen atoms in total. The quantitative estimate of drug-likeness (QED) is 0.373. The first-order chi connectivity index (χ1) is 15.9. The Kier molecular flexibility index (Phi) is 6.28. The SMILES string of the molecule is NCc1cccc(-c2cccc(Oc3nc(Oc4cccc(C(=O)O)c4)c(F)cc3F)c2)c1. The fraction of sp³-hybridized carbons (Fsp3) is 0.0400. The molecule has 3 N–H and O–H groups in total. The van der Waals surface area contributed by atoms with Crippen molar-refractivity contribution in [3.8, 4) is 34.4 Å². The molecule has 0 saturated heterocycles. The highest BCUT2D eigenvalue weighted by molar-refractivity contribution is 5.88. The average Bonchev–Trinajstić information content (AvgIpc) is 2.82. The molecule has 0 aliphatic heterocycles. The number of pyridine rings is 1. The van der Waals surface area contributed by atoms with Crippen molar-refractivity contribution in [2.24, 2.45) is 5.73 Å². The van der Waals surface area contributed by atoms with Crippen LogP contribution in [0.2, 0.25) is 0 Å². The zero-order valence-electron chi connectivity index (χ0n) is 17.2. The maximum absolute atomic E-state index is 14.4. The number of nitrogens with zero attached hydrogens (tertiary/aromatic N) is 1. The van der Waals surface area contributed by atoms with Crippen LogP contribution in [0, 0.1) is 11.6 Å². The van der Waals surface area contributed by atoms with E-state index in [9.17, 15) is 13.6 Å². The van der Waals surface area contributed by atoms with Gasteiger partial charge in [0, 0.05) is 12.6 Å². The standard InChI is InChI=1S/C25H18F2N2O4/c26-21-13-22(27)24(33-20-9-3-7-18(12-20)25(30)31)29-23(21)32-19-8-2-6-17(11-19)16-5-1-4-15(10-16)14-28/h1-13H,14,28H2,(H,30,31). The van der Waals surface area contributed by atoms with Crippen molar-refractivity contribution in [2.45, 2.75) is 6.54 Å². The third kappa shape index (κ3) is 5.13. The number of hydrogen-bond donors (Lipinski definition) is 2. The Bertz CT molecular complexity index is 1330. The number of halogens is 2. The molecule has 0 unspecified atom stereocenters. The van der Waals surface area contributed by atoms with Gasteiger partial charge in [0.1, 0.15) is 11.5 Å². The highest BCUT2D eigenvalue weighted by atomic mass is 19.1. The van der Waals surface area contributed by atoms with Crippen molar-refractivity contribution in [3.63, 3.8) is 0 Å². The average molecular weight is 448 g/mol. The van der Waals surface area contributed by atoms with Crippen LogP contribution in [-0.2, 0) is 6.54 Å². The maximum atomic E-state index is 14.4. The minimum absolute atomic E-state index is 0.0284. The Balaban J connectivity index is 1.61. The molecule has 0 atom stereocenters. The minimum Gasteiger partial charge on any atom is -0.478 e. The summed E-state index contributed by atoms with van der Waals surface area (Å²) < 4.78 is 39.5. The van der Waals surface area contributed by atoms with E-state index in [1.165, 1.54) is 24.3 Å². The molecule has 4 rings (SSSR count). The molecule has 1 heterocycles. The third-order valence-corrected chi connectivity index (χ3v) is 4.71. The Labute approximate surface area is 187 Å². The number of rotatable bonds is 7. The van der Waals surface area contributed by atoms with Gasteiger partial charge < -0.3 is 20.3 Å². The number of nitrogens with two attached hydrogens (primary N) is 1. The van der Waals surface area contributed by atoms with E-state index in [0.29, 0.717) is 12.6 Å². The van der Waals surface area contributed by atoms with E-state index in [1.54, 1.807) is 18.2 Å². The molecule has 0 spiro atoms. The summed E-state index contributed by atoms with van der Waals surface area (Å²) in [5.74, 6) is -3.99. The van der Waals surface area contributed by atoms with Crippen LogP contribution in [-0.4, -0.2) is 16.1 Å². The number of carboxylic acids is 1. The summed E-state index contributed by atoms with van der Waals surface area (Å²) in [7, 11) is 0. The molecule has 0 bridgehead atoms. The number of carboxylic acid groups (broad SMARTS) is 1. The van der Waals surface area contributed by atoms with Gasteiger partial charge in [-0.05, 0) is 53.1 Å². The summed E-state index contributed by atoms with van der Waals surface area (Å²) in [5.41, 5.74) is 8.32. The lowest BCUT2D eigenvalue weighted by molar-refractivity contribution is 0.0696. The number of carbonyl (C=O) groups is 1. The number of ether oxygens (including phenoxy) is 2. The molecule has 33 heavy (non-hydrogen) atoms. The van der Waals surface area contributed by atoms with Crippen LogP contribution in [0.4, 0.5) is 8.78 Å². The Morgan fingerprint density at radius 2 is 1.39 bits per heavy atom. The first-order valence-electron chi connectivity index (χ1n) is 9.87. The van der Waals surface area contributed by atoms with Crippen molar-refractivity contribution < 1.29 is 28.2 Å². The maximum Gasteiger partial charge on any atom is 0.335 e. The second kappa shape index (κ2) is 9.46. The van der Waals surface area contributed by atoms with Crippen molar-refractivity contribution in [1.82, 2.24) is 4.98 Å². The van der Waals surface area contributed by atoms with E-state index < -0.39 is 29.4 Å². The van der Waals surface area contributed by atoms with E-state index in [2.05, 4.69) is 4.98 Å². The van der Waals surface area contributed by atoms with Crippen LogP contribution < -0.4 is 15.2 Å². The molecule has 4 aromatic rings. The van der Waals surface area contributed by atoms with Crippen LogP contribution in [0.25, 0.3) is 11.1 Å². The first kappa shape index (κ1) is 21.9. The van der Waals surface area contributed by atoms with Gasteiger partial charge in [-0.3, -0.25) is 0 Å². The van der Waals surface area contributed by atoms with Gasteiger partial charge in [-0.1, -0.05) is 36.4 Å². The summed E-state index contributed by atoms with van der Waals surface area (Å²) in [4.78, 5) is 14.9. The van der Waals surface area contributed by atoms with Gasteiger partial charge in [-0.2, -0.15) is 4.98 Å². The Hall–Kier alpha value is -4.30. The number of hydrogen-bond acceptors (Lipinski definition) is 5. The van der Waals surface area contributed by atoms with Gasteiger partial charge in [-0.15, -0.1) is 0 Å². The fourth-order valence-corrected chi connectivity index (χ4v) is 3.11. The summed E-state index contributed by atoms with van der Waals surface area (Å²) in [6.07, 6.45) is 0. The number of benzene rings is 3. The fourth-order valence-electron chi connectivity index (χ4n) is 3.11. The molecule has 0 fully saturated rings. The Morgan fingerprint density at radius 1 is 0.818 bits per heavy atom. The molecule has 0 amide bonds. The smallest absolute Gasteiger partial charge is 0.335 e. The lowest BCUT2D eigenvalue weighted by atomic mass is 10.0. The zero-order chi connectivity index (χ0) is 23.4. The lowest BCUT2D eigenvalue weighted by Crippen LogP contribution is -2.00. The number of aromatic nitrogens is 1. The molecule has 1 aromatic heterocycles. The topological polar surface area (TPSA) is 94.7 Å². The second-order valence-electron chi connectivity index (χ2n) is 7.03. The van der Waals surface area contributed by atoms with E-state index >= 15 is 0 Å². The molecule has 0 aliphatic rings. The highest BCUT2D eigenvalue weighted by Gasteiger charge is 2.17. The van der Waals surface area contributed by atoms with Crippen LogP contribution in [0.5, 0.6) is 23.3 Å². The second-order valence-corrected chi connectivity index (χ2v) is 7.03. The van der Waals surface area contributed by atoms with Crippen molar-refractivity contribution >= 4 is 5.97 Å². The van der Waals surface area contributed by atoms with Crippen LogP contribution in [0.15, 0.2) is 78.9 Å². The molecule has 0 saturated carbocycles. The molecular weight excluding hydrogens is 430 g/mol. The summed E-state index contributed by atoms with van der Waals surface area (Å²) in [6, 6.07) is 20.5. The largest absolute Gasteiger partial charge is 0.478 e. The summed E-state index contributed by atoms with van der Waals surface area (Å²) in [5, 5.41) is 9.09. The molecule has 3 aromatic carbocycles. The van der Waals surface area contributed by atoms with Gasteiger partial charge in [0.2, 0.25) is 0 Å². The van der Waals surface area contributed by atoms with Crippen LogP contribution >= 0.6 is 0 Å². The zero-order valence-corrected chi connectivity index (χ0v) is 17.2. The van der Waals surface area contributed by atoms with Gasteiger partial charge in [0.15, 0.2) is 11.6 Å². The van der Waals surface area contributed by atoms with Crippen LogP contribution in [0.3, 0.4) is 0 Å². The summed E-state index contributed by atoms with van der Waals surface area (Å²) in [6.45, 7) is 0.396. The molecule has 8 heteroatoms. The van der Waals surface area contributed by atoms with Crippen LogP contribution in [0.1, 0.15) is 15.9 Å². The molecular formula is C25H18F2N2O4. The van der Waals surface area contributed by atoms with Crippen molar-refractivity contribution in [2.75, 3.05) is 0 Å². The van der Waals surface area contributed by atoms with Crippen molar-refractivity contribution in [3.05, 3.63) is 102 Å². The third-order valence-electron chi connectivity index (χ3n) is 4.71. The van der Waals surface area contributed by atoms with Gasteiger partial charge in [0.25, 0.3) is 11.8 Å². The van der Waals surface area contributed by atoms with E-state index in [-0.39, 0.29) is 17.1 Å². The molecule has 0 radical (unpaired) electrons. The van der Waals surface area contributed by atoms with E-state index in [0.717, 1.165) is 16.7 Å². The van der Waals surface area contributed by atoms with E-state index in [1.807, 2.05) is 30.3 Å². The first-order valence-corrected chi connectivity index (χ1v) is 9.87. The minimum atomic E-state index is -1.17. The van der Waals surface area contributed by atoms with Gasteiger partial charge in [0.05, 0.1) is 5.56 Å². The monoisotopic (exact) mass is 448 g/mol. The lowest BCUT2D eigenvalue weighted by Gasteiger charge is -2.11. The predicted octanol–water partition coefficient (Wildman–Crippen LogP) is 5.77.